The number of aromatic amines is 1. The molecule has 1 heterocycles. The van der Waals surface area contributed by atoms with Crippen LogP contribution in [-0.4, -0.2) is 22.0 Å². The Bertz CT molecular complexity index is 846. The van der Waals surface area contributed by atoms with E-state index in [1.165, 1.54) is 0 Å². The van der Waals surface area contributed by atoms with Crippen molar-refractivity contribution in [2.24, 2.45) is 0 Å². The first kappa shape index (κ1) is 17.0. The van der Waals surface area contributed by atoms with Crippen molar-refractivity contribution in [1.82, 2.24) is 15.3 Å². The van der Waals surface area contributed by atoms with E-state index in [9.17, 15) is 4.79 Å². The molecule has 3 aromatic rings. The second-order valence-corrected chi connectivity index (χ2v) is 7.02. The SMILES string of the molecule is CC(Oc1ccc(Br)cc1Br)C(=O)NCc1nc2ccccc2[nH]1. The van der Waals surface area contributed by atoms with Crippen LogP contribution < -0.4 is 10.1 Å². The maximum atomic E-state index is 12.2. The number of carbonyl (C=O) groups excluding carboxylic acids is 1. The highest BCUT2D eigenvalue weighted by Crippen LogP contribution is 2.28. The third-order valence-corrected chi connectivity index (χ3v) is 4.55. The standard InChI is InChI=1S/C17H15Br2N3O2/c1-10(24-15-7-6-11(18)8-12(15)19)17(23)20-9-16-21-13-4-2-3-5-14(13)22-16/h2-8,10H,9H2,1H3,(H,20,23)(H,21,22). The molecule has 1 atom stereocenters. The highest BCUT2D eigenvalue weighted by molar-refractivity contribution is 9.11. The van der Waals surface area contributed by atoms with Crippen LogP contribution in [0.3, 0.4) is 0 Å². The van der Waals surface area contributed by atoms with Gasteiger partial charge in [0.25, 0.3) is 5.91 Å². The van der Waals surface area contributed by atoms with Crippen LogP contribution in [0.5, 0.6) is 5.75 Å². The number of benzene rings is 2. The van der Waals surface area contributed by atoms with Crippen molar-refractivity contribution in [3.05, 3.63) is 57.2 Å². The Kier molecular flexibility index (Phi) is 5.20. The van der Waals surface area contributed by atoms with Gasteiger partial charge in [-0.2, -0.15) is 0 Å². The van der Waals surface area contributed by atoms with Crippen molar-refractivity contribution in [1.29, 1.82) is 0 Å². The van der Waals surface area contributed by atoms with Crippen molar-refractivity contribution < 1.29 is 9.53 Å². The first-order valence-corrected chi connectivity index (χ1v) is 8.94. The minimum atomic E-state index is -0.619. The van der Waals surface area contributed by atoms with Crippen LogP contribution in [0.2, 0.25) is 0 Å². The van der Waals surface area contributed by atoms with Crippen LogP contribution in [0.4, 0.5) is 0 Å². The largest absolute Gasteiger partial charge is 0.480 e. The molecule has 1 unspecified atom stereocenters. The number of fused-ring (bicyclic) bond motifs is 1. The Morgan fingerprint density at radius 3 is 2.83 bits per heavy atom. The Labute approximate surface area is 156 Å². The fourth-order valence-electron chi connectivity index (χ4n) is 2.22. The highest BCUT2D eigenvalue weighted by Gasteiger charge is 2.16. The van der Waals surface area contributed by atoms with Crippen LogP contribution in [-0.2, 0) is 11.3 Å². The van der Waals surface area contributed by atoms with Gasteiger partial charge in [-0.1, -0.05) is 28.1 Å². The normalized spacial score (nSPS) is 12.1. The second-order valence-electron chi connectivity index (χ2n) is 5.25. The van der Waals surface area contributed by atoms with Crippen molar-refractivity contribution >= 4 is 48.8 Å². The first-order chi connectivity index (χ1) is 11.5. The lowest BCUT2D eigenvalue weighted by Crippen LogP contribution is -2.36. The van der Waals surface area contributed by atoms with Gasteiger partial charge >= 0.3 is 0 Å². The second kappa shape index (κ2) is 7.36. The zero-order valence-corrected chi connectivity index (χ0v) is 16.0. The summed E-state index contributed by atoms with van der Waals surface area (Å²) in [5.74, 6) is 1.12. The summed E-state index contributed by atoms with van der Waals surface area (Å²) in [6, 6.07) is 13.3. The number of imidazole rings is 1. The number of rotatable bonds is 5. The molecule has 1 aromatic heterocycles. The summed E-state index contributed by atoms with van der Waals surface area (Å²) in [4.78, 5) is 19.8. The summed E-state index contributed by atoms with van der Waals surface area (Å²) in [6.07, 6.45) is -0.619. The van der Waals surface area contributed by atoms with Gasteiger partial charge in [-0.15, -0.1) is 0 Å². The molecule has 5 nitrogen and oxygen atoms in total. The Balaban J connectivity index is 1.59. The number of carbonyl (C=O) groups is 1. The fraction of sp³-hybridized carbons (Fsp3) is 0.176. The smallest absolute Gasteiger partial charge is 0.261 e. The van der Waals surface area contributed by atoms with Crippen molar-refractivity contribution in [3.8, 4) is 5.75 Å². The van der Waals surface area contributed by atoms with Crippen molar-refractivity contribution in [2.75, 3.05) is 0 Å². The minimum Gasteiger partial charge on any atom is -0.480 e. The lowest BCUT2D eigenvalue weighted by molar-refractivity contribution is -0.127. The summed E-state index contributed by atoms with van der Waals surface area (Å²) in [7, 11) is 0. The Morgan fingerprint density at radius 1 is 1.29 bits per heavy atom. The molecule has 2 N–H and O–H groups in total. The van der Waals surface area contributed by atoms with E-state index in [2.05, 4.69) is 47.1 Å². The van der Waals surface area contributed by atoms with Gasteiger partial charge in [-0.05, 0) is 53.2 Å². The van der Waals surface area contributed by atoms with Gasteiger partial charge < -0.3 is 15.0 Å². The molecular formula is C17H15Br2N3O2. The molecule has 1 amide bonds. The number of H-pyrrole nitrogens is 1. The van der Waals surface area contributed by atoms with Crippen LogP contribution >= 0.6 is 31.9 Å². The molecule has 0 saturated carbocycles. The number of nitrogens with one attached hydrogen (secondary N) is 2. The van der Waals surface area contributed by atoms with E-state index in [1.54, 1.807) is 13.0 Å². The fourth-order valence-corrected chi connectivity index (χ4v) is 3.36. The number of halogens is 2. The summed E-state index contributed by atoms with van der Waals surface area (Å²) in [5.41, 5.74) is 1.83. The van der Waals surface area contributed by atoms with E-state index in [1.807, 2.05) is 36.4 Å². The molecule has 0 radical (unpaired) electrons. The molecule has 3 rings (SSSR count). The molecule has 0 aliphatic rings. The average molecular weight is 453 g/mol. The summed E-state index contributed by atoms with van der Waals surface area (Å²) in [5, 5.41) is 2.83. The quantitative estimate of drug-likeness (QED) is 0.610. The number of aromatic nitrogens is 2. The molecule has 24 heavy (non-hydrogen) atoms. The van der Waals surface area contributed by atoms with Gasteiger partial charge in [0.15, 0.2) is 6.10 Å². The van der Waals surface area contributed by atoms with E-state index in [0.29, 0.717) is 18.1 Å². The van der Waals surface area contributed by atoms with Crippen LogP contribution in [0.15, 0.2) is 51.4 Å². The molecule has 0 fully saturated rings. The van der Waals surface area contributed by atoms with Crippen LogP contribution in [0, 0.1) is 0 Å². The van der Waals surface area contributed by atoms with Crippen molar-refractivity contribution in [2.45, 2.75) is 19.6 Å². The summed E-state index contributed by atoms with van der Waals surface area (Å²) in [6.45, 7) is 2.03. The lowest BCUT2D eigenvalue weighted by Gasteiger charge is -2.15. The number of nitrogens with zero attached hydrogens (tertiary/aromatic N) is 1. The average Bonchev–Trinajstić information content (AvgIpc) is 2.98. The summed E-state index contributed by atoms with van der Waals surface area (Å²) >= 11 is 6.80. The number of amides is 1. The first-order valence-electron chi connectivity index (χ1n) is 7.36. The Hall–Kier alpha value is -1.86. The third kappa shape index (κ3) is 3.96. The van der Waals surface area contributed by atoms with Crippen LogP contribution in [0.1, 0.15) is 12.7 Å². The van der Waals surface area contributed by atoms with E-state index in [-0.39, 0.29) is 5.91 Å². The monoisotopic (exact) mass is 451 g/mol. The molecular weight excluding hydrogens is 438 g/mol. The van der Waals surface area contributed by atoms with Crippen molar-refractivity contribution in [3.63, 3.8) is 0 Å². The van der Waals surface area contributed by atoms with Gasteiger partial charge in [0.05, 0.1) is 22.1 Å². The molecule has 0 saturated heterocycles. The van der Waals surface area contributed by atoms with Gasteiger partial charge in [0, 0.05) is 4.47 Å². The predicted molar refractivity (Wildman–Crippen MR) is 99.9 cm³/mol. The molecule has 0 bridgehead atoms. The lowest BCUT2D eigenvalue weighted by atomic mass is 10.3. The zero-order chi connectivity index (χ0) is 17.1. The molecule has 7 heteroatoms. The Morgan fingerprint density at radius 2 is 2.08 bits per heavy atom. The molecule has 2 aromatic carbocycles. The minimum absolute atomic E-state index is 0.203. The van der Waals surface area contributed by atoms with E-state index in [4.69, 9.17) is 4.74 Å². The van der Waals surface area contributed by atoms with E-state index < -0.39 is 6.10 Å². The molecule has 124 valence electrons. The number of hydrogen-bond acceptors (Lipinski definition) is 3. The number of ether oxygens (including phenoxy) is 1. The topological polar surface area (TPSA) is 67.0 Å². The maximum Gasteiger partial charge on any atom is 0.261 e. The number of para-hydroxylation sites is 2. The summed E-state index contributed by atoms with van der Waals surface area (Å²) < 4.78 is 7.42. The molecule has 0 aliphatic carbocycles. The van der Waals surface area contributed by atoms with E-state index in [0.717, 1.165) is 20.0 Å². The van der Waals surface area contributed by atoms with E-state index >= 15 is 0 Å². The molecule has 0 spiro atoms. The molecule has 0 aliphatic heterocycles. The van der Waals surface area contributed by atoms with Gasteiger partial charge in [0.2, 0.25) is 0 Å². The predicted octanol–water partition coefficient (Wildman–Crippen LogP) is 4.17. The highest BCUT2D eigenvalue weighted by atomic mass is 79.9. The van der Waals surface area contributed by atoms with Gasteiger partial charge in [-0.3, -0.25) is 4.79 Å². The van der Waals surface area contributed by atoms with Gasteiger partial charge in [-0.25, -0.2) is 4.98 Å². The zero-order valence-electron chi connectivity index (χ0n) is 12.8. The number of hydrogen-bond donors (Lipinski definition) is 2. The third-order valence-electron chi connectivity index (χ3n) is 3.44. The van der Waals surface area contributed by atoms with Crippen LogP contribution in [0.25, 0.3) is 11.0 Å². The van der Waals surface area contributed by atoms with Gasteiger partial charge in [0.1, 0.15) is 11.6 Å². The maximum absolute atomic E-state index is 12.2.